The van der Waals surface area contributed by atoms with Crippen LogP contribution in [-0.4, -0.2) is 33.8 Å². The third-order valence-corrected chi connectivity index (χ3v) is 6.74. The van der Waals surface area contributed by atoms with Gasteiger partial charge in [0.25, 0.3) is 0 Å². The van der Waals surface area contributed by atoms with Crippen molar-refractivity contribution in [3.05, 3.63) is 71.9 Å². The summed E-state index contributed by atoms with van der Waals surface area (Å²) in [6.45, 7) is 2.12. The maximum Gasteiger partial charge on any atom is 0.586 e. The van der Waals surface area contributed by atoms with Crippen molar-refractivity contribution in [3.63, 3.8) is 0 Å². The smallest absolute Gasteiger partial charge is 0.412 e. The number of aromatic nitrogens is 1. The minimum Gasteiger partial charge on any atom is -0.412 e. The van der Waals surface area contributed by atoms with Gasteiger partial charge in [0.1, 0.15) is 5.78 Å². The fourth-order valence-electron chi connectivity index (χ4n) is 4.06. The molecule has 0 spiro atoms. The number of halogens is 2. The summed E-state index contributed by atoms with van der Waals surface area (Å²) in [7, 11) is 0. The molecule has 0 bridgehead atoms. The molecular formula is C25H25F2NO5S. The number of pyridine rings is 1. The number of ether oxygens (including phenoxy) is 2. The summed E-state index contributed by atoms with van der Waals surface area (Å²) in [4.78, 5) is 19.1. The van der Waals surface area contributed by atoms with E-state index in [1.807, 2.05) is 30.3 Å². The van der Waals surface area contributed by atoms with E-state index in [1.165, 1.54) is 17.0 Å². The van der Waals surface area contributed by atoms with Gasteiger partial charge in [-0.2, -0.15) is 0 Å². The summed E-state index contributed by atoms with van der Waals surface area (Å²) in [6, 6.07) is 18.5. The number of rotatable bonds is 7. The van der Waals surface area contributed by atoms with E-state index in [0.29, 0.717) is 24.1 Å². The zero-order chi connectivity index (χ0) is 22.3. The molecule has 0 amide bonds. The lowest BCUT2D eigenvalue weighted by Gasteiger charge is -2.15. The van der Waals surface area contributed by atoms with Crippen LogP contribution in [0, 0.1) is 0 Å². The van der Waals surface area contributed by atoms with Crippen LogP contribution in [0.4, 0.5) is 8.78 Å². The molecule has 0 atom stereocenters. The first-order chi connectivity index (χ1) is 15.4. The number of carbonyl (C=O) groups is 1. The van der Waals surface area contributed by atoms with Crippen molar-refractivity contribution in [1.29, 1.82) is 0 Å². The predicted octanol–water partition coefficient (Wildman–Crippen LogP) is 4.38. The van der Waals surface area contributed by atoms with E-state index in [4.69, 9.17) is 4.98 Å². The van der Waals surface area contributed by atoms with Gasteiger partial charge in [-0.1, -0.05) is 31.2 Å². The molecule has 1 fully saturated rings. The highest BCUT2D eigenvalue weighted by Gasteiger charge is 2.52. The minimum absolute atomic E-state index is 0. The fourth-order valence-corrected chi connectivity index (χ4v) is 4.72. The normalized spacial score (nSPS) is 16.2. The van der Waals surface area contributed by atoms with Gasteiger partial charge in [0.15, 0.2) is 11.5 Å². The average molecular weight is 490 g/mol. The molecule has 0 unspecified atom stereocenters. The number of carbonyl (C=O) groups excluding carboxylic acids is 1. The van der Waals surface area contributed by atoms with Crippen LogP contribution in [0.5, 0.6) is 11.5 Å². The second-order valence-electron chi connectivity index (χ2n) is 7.98. The number of alkyl halides is 2. The molecule has 0 radical (unpaired) electrons. The number of Topliss-reactive ketones (excluding diaryl/α,β-unsaturated/α-hetero) is 1. The molecule has 2 aromatic carbocycles. The van der Waals surface area contributed by atoms with Crippen LogP contribution in [0.25, 0.3) is 11.3 Å². The lowest BCUT2D eigenvalue weighted by Crippen LogP contribution is -2.26. The van der Waals surface area contributed by atoms with Gasteiger partial charge in [0.2, 0.25) is 0 Å². The maximum absolute atomic E-state index is 13.3. The lowest BCUT2D eigenvalue weighted by molar-refractivity contribution is -0.286. The molecule has 0 saturated heterocycles. The molecule has 4 N–H and O–H groups in total. The van der Waals surface area contributed by atoms with E-state index in [1.54, 1.807) is 17.8 Å². The zero-order valence-corrected chi connectivity index (χ0v) is 19.3. The number of benzene rings is 2. The Morgan fingerprint density at radius 1 is 1.00 bits per heavy atom. The molecule has 9 heteroatoms. The van der Waals surface area contributed by atoms with Gasteiger partial charge in [0.05, 0.1) is 11.1 Å². The van der Waals surface area contributed by atoms with E-state index in [-0.39, 0.29) is 34.7 Å². The van der Waals surface area contributed by atoms with Crippen molar-refractivity contribution < 1.29 is 34.0 Å². The number of fused-ring (bicyclic) bond motifs is 1. The SMILES string of the molecule is CCSc1ccc(-c2cccc(CC(=O)C3(c4ccc5c(c4)OC(F)(F)O5)CC3)n2)cc1.O.O. The van der Waals surface area contributed by atoms with Crippen LogP contribution in [-0.2, 0) is 16.6 Å². The Hall–Kier alpha value is -3.01. The molecule has 180 valence electrons. The Balaban J connectivity index is 0.00000162. The number of hydrogen-bond acceptors (Lipinski definition) is 5. The second-order valence-corrected chi connectivity index (χ2v) is 9.32. The van der Waals surface area contributed by atoms with Gasteiger partial charge in [-0.25, -0.2) is 0 Å². The summed E-state index contributed by atoms with van der Waals surface area (Å²) in [5, 5.41) is 0. The molecule has 2 aliphatic rings. The first-order valence-corrected chi connectivity index (χ1v) is 11.5. The van der Waals surface area contributed by atoms with Gasteiger partial charge in [-0.05, 0) is 60.6 Å². The van der Waals surface area contributed by atoms with Gasteiger partial charge < -0.3 is 20.4 Å². The van der Waals surface area contributed by atoms with Crippen molar-refractivity contribution >= 4 is 17.5 Å². The second kappa shape index (κ2) is 9.69. The van der Waals surface area contributed by atoms with Crippen LogP contribution in [0.15, 0.2) is 65.6 Å². The standard InChI is InChI=1S/C25H21F2NO3S.2H2O/c1-2-32-19-9-6-16(7-10-19)20-5-3-4-18(28-20)15-23(29)24(12-13-24)17-8-11-21-22(14-17)31-25(26,27)30-21;;/h3-11,14H,2,12-13,15H2,1H3;2*1H2. The van der Waals surface area contributed by atoms with Crippen LogP contribution >= 0.6 is 11.8 Å². The van der Waals surface area contributed by atoms with E-state index in [9.17, 15) is 13.6 Å². The molecule has 5 rings (SSSR count). The van der Waals surface area contributed by atoms with Crippen LogP contribution in [0.3, 0.4) is 0 Å². The van der Waals surface area contributed by atoms with Crippen LogP contribution in [0.2, 0.25) is 0 Å². The van der Waals surface area contributed by atoms with E-state index in [2.05, 4.69) is 28.5 Å². The van der Waals surface area contributed by atoms with Gasteiger partial charge in [-0.3, -0.25) is 9.78 Å². The molecule has 34 heavy (non-hydrogen) atoms. The molecular weight excluding hydrogens is 464 g/mol. The minimum atomic E-state index is -3.67. The Bertz CT molecular complexity index is 1180. The topological polar surface area (TPSA) is 111 Å². The fraction of sp³-hybridized carbons (Fsp3) is 0.280. The number of nitrogens with zero attached hydrogens (tertiary/aromatic N) is 1. The monoisotopic (exact) mass is 489 g/mol. The van der Waals surface area contributed by atoms with E-state index >= 15 is 0 Å². The Morgan fingerprint density at radius 3 is 2.38 bits per heavy atom. The number of hydrogen-bond donors (Lipinski definition) is 0. The van der Waals surface area contributed by atoms with Crippen molar-refractivity contribution in [2.24, 2.45) is 0 Å². The highest BCUT2D eigenvalue weighted by atomic mass is 32.2. The van der Waals surface area contributed by atoms with Crippen molar-refractivity contribution in [2.75, 3.05) is 5.75 Å². The molecule has 1 saturated carbocycles. The van der Waals surface area contributed by atoms with Crippen molar-refractivity contribution in [2.45, 2.75) is 42.8 Å². The third kappa shape index (κ3) is 4.91. The predicted molar refractivity (Wildman–Crippen MR) is 126 cm³/mol. The van der Waals surface area contributed by atoms with Crippen LogP contribution < -0.4 is 9.47 Å². The lowest BCUT2D eigenvalue weighted by atomic mass is 9.88. The summed E-state index contributed by atoms with van der Waals surface area (Å²) < 4.78 is 35.7. The van der Waals surface area contributed by atoms with Gasteiger partial charge in [0, 0.05) is 22.6 Å². The first kappa shape index (κ1) is 25.6. The maximum atomic E-state index is 13.3. The third-order valence-electron chi connectivity index (χ3n) is 5.85. The summed E-state index contributed by atoms with van der Waals surface area (Å²) >= 11 is 1.78. The highest BCUT2D eigenvalue weighted by molar-refractivity contribution is 7.99. The average Bonchev–Trinajstić information content (AvgIpc) is 3.52. The molecule has 1 aliphatic heterocycles. The summed E-state index contributed by atoms with van der Waals surface area (Å²) in [6.07, 6.45) is -2.13. The Morgan fingerprint density at radius 2 is 1.71 bits per heavy atom. The molecule has 6 nitrogen and oxygen atoms in total. The molecule has 1 aromatic heterocycles. The quantitative estimate of drug-likeness (QED) is 0.458. The molecule has 1 aliphatic carbocycles. The Labute approximate surface area is 199 Å². The van der Waals surface area contributed by atoms with Gasteiger partial charge >= 0.3 is 6.29 Å². The molecule has 3 aromatic rings. The first-order valence-electron chi connectivity index (χ1n) is 10.5. The van der Waals surface area contributed by atoms with Crippen molar-refractivity contribution in [3.8, 4) is 22.8 Å². The van der Waals surface area contributed by atoms with Crippen molar-refractivity contribution in [1.82, 2.24) is 4.98 Å². The summed E-state index contributed by atoms with van der Waals surface area (Å²) in [5.41, 5.74) is 2.52. The highest BCUT2D eigenvalue weighted by Crippen LogP contribution is 2.52. The number of ketones is 1. The Kier molecular flexibility index (Phi) is 7.30. The van der Waals surface area contributed by atoms with Crippen LogP contribution in [0.1, 0.15) is 31.0 Å². The van der Waals surface area contributed by atoms with Gasteiger partial charge in [-0.15, -0.1) is 20.5 Å². The summed E-state index contributed by atoms with van der Waals surface area (Å²) in [5.74, 6) is 1.00. The van der Waals surface area contributed by atoms with E-state index in [0.717, 1.165) is 17.0 Å². The number of thioether (sulfide) groups is 1. The van der Waals surface area contributed by atoms with E-state index < -0.39 is 11.7 Å². The zero-order valence-electron chi connectivity index (χ0n) is 18.4. The largest absolute Gasteiger partial charge is 0.586 e. The molecule has 2 heterocycles.